The number of amides is 2. The number of hydrogen-bond acceptors (Lipinski definition) is 4. The lowest BCUT2D eigenvalue weighted by molar-refractivity contribution is -0.146. The number of nitrogens with zero attached hydrogens (tertiary/aromatic N) is 2. The Hall–Kier alpha value is -3.02. The third kappa shape index (κ3) is 4.58. The average Bonchev–Trinajstić information content (AvgIpc) is 2.74. The average molecular weight is 367 g/mol. The molecule has 27 heavy (non-hydrogen) atoms. The fraction of sp³-hybridized carbons (Fsp3) is 0.333. The molecule has 6 heteroatoms. The molecule has 142 valence electrons. The molecule has 0 aromatic heterocycles. The van der Waals surface area contributed by atoms with Crippen molar-refractivity contribution in [3.05, 3.63) is 60.2 Å². The molecule has 1 aliphatic heterocycles. The van der Waals surface area contributed by atoms with Gasteiger partial charge in [-0.25, -0.2) is 0 Å². The predicted molar refractivity (Wildman–Crippen MR) is 105 cm³/mol. The van der Waals surface area contributed by atoms with Gasteiger partial charge in [0.25, 0.3) is 0 Å². The van der Waals surface area contributed by atoms with Crippen LogP contribution in [0.4, 0.5) is 5.69 Å². The first-order chi connectivity index (χ1) is 13.1. The molecule has 1 saturated heterocycles. The Labute approximate surface area is 159 Å². The van der Waals surface area contributed by atoms with Crippen molar-refractivity contribution in [2.75, 3.05) is 38.2 Å². The van der Waals surface area contributed by atoms with E-state index in [1.807, 2.05) is 49.4 Å². The van der Waals surface area contributed by atoms with Crippen LogP contribution in [0.3, 0.4) is 0 Å². The van der Waals surface area contributed by atoms with E-state index in [0.29, 0.717) is 13.1 Å². The molecule has 0 saturated carbocycles. The number of hydrogen-bond donors (Lipinski definition) is 1. The molecule has 2 aromatic rings. The fourth-order valence-electron chi connectivity index (χ4n) is 3.18. The monoisotopic (exact) mass is 367 g/mol. The van der Waals surface area contributed by atoms with Gasteiger partial charge in [0.05, 0.1) is 13.2 Å². The molecule has 0 spiro atoms. The summed E-state index contributed by atoms with van der Waals surface area (Å²) in [5.74, 6) is -0.279. The molecular formula is C21H25N3O3. The van der Waals surface area contributed by atoms with Gasteiger partial charge in [0.2, 0.25) is 0 Å². The molecule has 2 aromatic carbocycles. The van der Waals surface area contributed by atoms with E-state index in [1.54, 1.807) is 12.0 Å². The first-order valence-electron chi connectivity index (χ1n) is 9.12. The van der Waals surface area contributed by atoms with Crippen LogP contribution in [-0.4, -0.2) is 50.0 Å². The lowest BCUT2D eigenvalue weighted by Gasteiger charge is -2.35. The van der Waals surface area contributed by atoms with Crippen LogP contribution in [0.15, 0.2) is 54.6 Å². The van der Waals surface area contributed by atoms with Crippen molar-refractivity contribution < 1.29 is 14.3 Å². The Morgan fingerprint density at radius 1 is 0.963 bits per heavy atom. The Morgan fingerprint density at radius 2 is 1.59 bits per heavy atom. The number of anilines is 1. The molecule has 2 amide bonds. The Balaban J connectivity index is 1.52. The number of piperazine rings is 1. The summed E-state index contributed by atoms with van der Waals surface area (Å²) in [6.45, 7) is 4.38. The SMILES string of the molecule is COc1ccc(C(C)NC(=O)C(=O)N2CCN(c3ccccc3)CC2)cc1. The van der Waals surface area contributed by atoms with Crippen molar-refractivity contribution >= 4 is 17.5 Å². The van der Waals surface area contributed by atoms with E-state index < -0.39 is 11.8 Å². The summed E-state index contributed by atoms with van der Waals surface area (Å²) < 4.78 is 5.14. The normalized spacial score (nSPS) is 15.2. The maximum atomic E-state index is 12.5. The van der Waals surface area contributed by atoms with E-state index in [9.17, 15) is 9.59 Å². The summed E-state index contributed by atoms with van der Waals surface area (Å²) in [4.78, 5) is 28.7. The van der Waals surface area contributed by atoms with Crippen LogP contribution >= 0.6 is 0 Å². The van der Waals surface area contributed by atoms with Crippen molar-refractivity contribution in [3.63, 3.8) is 0 Å². The van der Waals surface area contributed by atoms with Crippen molar-refractivity contribution in [1.29, 1.82) is 0 Å². The number of rotatable bonds is 4. The third-order valence-electron chi connectivity index (χ3n) is 4.85. The van der Waals surface area contributed by atoms with Gasteiger partial charge < -0.3 is 19.9 Å². The van der Waals surface area contributed by atoms with Gasteiger partial charge in [0, 0.05) is 31.9 Å². The standard InChI is InChI=1S/C21H25N3O3/c1-16(17-8-10-19(27-2)11-9-17)22-20(25)21(26)24-14-12-23(13-15-24)18-6-4-3-5-7-18/h3-11,16H,12-15H2,1-2H3,(H,22,25). The van der Waals surface area contributed by atoms with Crippen LogP contribution in [0.25, 0.3) is 0 Å². The minimum Gasteiger partial charge on any atom is -0.497 e. The van der Waals surface area contributed by atoms with Gasteiger partial charge in [-0.3, -0.25) is 9.59 Å². The number of ether oxygens (including phenoxy) is 1. The van der Waals surface area contributed by atoms with Gasteiger partial charge in [-0.2, -0.15) is 0 Å². The van der Waals surface area contributed by atoms with Crippen molar-refractivity contribution in [1.82, 2.24) is 10.2 Å². The molecule has 1 unspecified atom stereocenters. The van der Waals surface area contributed by atoms with E-state index >= 15 is 0 Å². The molecule has 1 heterocycles. The summed E-state index contributed by atoms with van der Waals surface area (Å²) >= 11 is 0. The lowest BCUT2D eigenvalue weighted by Crippen LogP contribution is -2.52. The van der Waals surface area contributed by atoms with E-state index in [2.05, 4.69) is 22.3 Å². The largest absolute Gasteiger partial charge is 0.497 e. The minimum absolute atomic E-state index is 0.252. The summed E-state index contributed by atoms with van der Waals surface area (Å²) in [7, 11) is 1.61. The van der Waals surface area contributed by atoms with Gasteiger partial charge in [0.15, 0.2) is 0 Å². The van der Waals surface area contributed by atoms with Crippen molar-refractivity contribution in [2.24, 2.45) is 0 Å². The number of carbonyl (C=O) groups excluding carboxylic acids is 2. The van der Waals surface area contributed by atoms with E-state index in [4.69, 9.17) is 4.74 Å². The van der Waals surface area contributed by atoms with Crippen molar-refractivity contribution in [2.45, 2.75) is 13.0 Å². The molecule has 1 N–H and O–H groups in total. The highest BCUT2D eigenvalue weighted by molar-refractivity contribution is 6.35. The maximum absolute atomic E-state index is 12.5. The molecule has 0 aliphatic carbocycles. The molecule has 1 fully saturated rings. The Kier molecular flexibility index (Phi) is 5.96. The smallest absolute Gasteiger partial charge is 0.312 e. The van der Waals surface area contributed by atoms with Gasteiger partial charge in [0.1, 0.15) is 5.75 Å². The van der Waals surface area contributed by atoms with Crippen LogP contribution in [-0.2, 0) is 9.59 Å². The zero-order chi connectivity index (χ0) is 19.2. The maximum Gasteiger partial charge on any atom is 0.312 e. The molecule has 0 radical (unpaired) electrons. The zero-order valence-corrected chi connectivity index (χ0v) is 15.7. The van der Waals surface area contributed by atoms with Gasteiger partial charge in [-0.15, -0.1) is 0 Å². The first kappa shape index (κ1) is 18.8. The van der Waals surface area contributed by atoms with Crippen LogP contribution in [0.2, 0.25) is 0 Å². The zero-order valence-electron chi connectivity index (χ0n) is 15.7. The van der Waals surface area contributed by atoms with Gasteiger partial charge in [-0.05, 0) is 36.8 Å². The number of para-hydroxylation sites is 1. The summed E-state index contributed by atoms with van der Waals surface area (Å²) in [6.07, 6.45) is 0. The highest BCUT2D eigenvalue weighted by Gasteiger charge is 2.27. The second-order valence-electron chi connectivity index (χ2n) is 6.58. The van der Waals surface area contributed by atoms with Gasteiger partial charge in [-0.1, -0.05) is 30.3 Å². The Bertz CT molecular complexity index is 769. The summed E-state index contributed by atoms with van der Waals surface area (Å²) in [5, 5.41) is 2.79. The summed E-state index contributed by atoms with van der Waals surface area (Å²) in [5.41, 5.74) is 2.06. The van der Waals surface area contributed by atoms with Crippen LogP contribution in [0.5, 0.6) is 5.75 Å². The van der Waals surface area contributed by atoms with Crippen LogP contribution in [0.1, 0.15) is 18.5 Å². The molecule has 3 rings (SSSR count). The van der Waals surface area contributed by atoms with Crippen LogP contribution in [0, 0.1) is 0 Å². The molecule has 1 aliphatic rings. The molecule has 6 nitrogen and oxygen atoms in total. The third-order valence-corrected chi connectivity index (χ3v) is 4.85. The first-order valence-corrected chi connectivity index (χ1v) is 9.12. The van der Waals surface area contributed by atoms with Crippen molar-refractivity contribution in [3.8, 4) is 5.75 Å². The number of methoxy groups -OCH3 is 1. The second kappa shape index (κ2) is 8.58. The second-order valence-corrected chi connectivity index (χ2v) is 6.58. The quantitative estimate of drug-likeness (QED) is 0.842. The number of nitrogens with one attached hydrogen (secondary N) is 1. The minimum atomic E-state index is -0.563. The molecule has 0 bridgehead atoms. The number of benzene rings is 2. The fourth-order valence-corrected chi connectivity index (χ4v) is 3.18. The van der Waals surface area contributed by atoms with E-state index in [0.717, 1.165) is 30.1 Å². The van der Waals surface area contributed by atoms with Gasteiger partial charge >= 0.3 is 11.8 Å². The summed E-state index contributed by atoms with van der Waals surface area (Å²) in [6, 6.07) is 17.3. The van der Waals surface area contributed by atoms with E-state index in [-0.39, 0.29) is 6.04 Å². The highest BCUT2D eigenvalue weighted by Crippen LogP contribution is 2.18. The van der Waals surface area contributed by atoms with E-state index in [1.165, 1.54) is 0 Å². The predicted octanol–water partition coefficient (Wildman–Crippen LogP) is 2.22. The Morgan fingerprint density at radius 3 is 2.19 bits per heavy atom. The molecular weight excluding hydrogens is 342 g/mol. The highest BCUT2D eigenvalue weighted by atomic mass is 16.5. The topological polar surface area (TPSA) is 61.9 Å². The molecule has 1 atom stereocenters. The van der Waals surface area contributed by atoms with Crippen LogP contribution < -0.4 is 15.0 Å². The number of carbonyl (C=O) groups is 2. The lowest BCUT2D eigenvalue weighted by atomic mass is 10.1.